The summed E-state index contributed by atoms with van der Waals surface area (Å²) in [7, 11) is -1.03. The summed E-state index contributed by atoms with van der Waals surface area (Å²) in [6.07, 6.45) is 2.75. The molecule has 36 heavy (non-hydrogen) atoms. The van der Waals surface area contributed by atoms with Gasteiger partial charge in [0.25, 0.3) is 0 Å². The highest BCUT2D eigenvalue weighted by atomic mass is 79.9. The van der Waals surface area contributed by atoms with Crippen molar-refractivity contribution in [2.45, 2.75) is 39.3 Å². The van der Waals surface area contributed by atoms with E-state index in [2.05, 4.69) is 21.2 Å². The number of amides is 2. The van der Waals surface area contributed by atoms with Crippen LogP contribution in [0.3, 0.4) is 0 Å². The van der Waals surface area contributed by atoms with Crippen LogP contribution in [0.15, 0.2) is 46.9 Å². The van der Waals surface area contributed by atoms with Crippen LogP contribution in [0.4, 0.5) is 5.69 Å². The number of ether oxygens (including phenoxy) is 2. The molecule has 0 saturated heterocycles. The number of unbranched alkanes of at least 4 members (excludes halogenated alkanes) is 1. The summed E-state index contributed by atoms with van der Waals surface area (Å²) >= 11 is 3.43. The predicted molar refractivity (Wildman–Crippen MR) is 144 cm³/mol. The van der Waals surface area contributed by atoms with Crippen molar-refractivity contribution in [3.8, 4) is 11.5 Å². The normalized spacial score (nSPS) is 11.9. The average Bonchev–Trinajstić information content (AvgIpc) is 2.84. The van der Waals surface area contributed by atoms with Crippen molar-refractivity contribution < 1.29 is 27.5 Å². The summed E-state index contributed by atoms with van der Waals surface area (Å²) in [5, 5.41) is 2.85. The first kappa shape index (κ1) is 29.4. The van der Waals surface area contributed by atoms with Crippen molar-refractivity contribution in [1.29, 1.82) is 0 Å². The van der Waals surface area contributed by atoms with Crippen LogP contribution in [0.5, 0.6) is 11.5 Å². The first-order chi connectivity index (χ1) is 17.0. The number of nitrogens with zero attached hydrogens (tertiary/aromatic N) is 2. The van der Waals surface area contributed by atoms with Crippen molar-refractivity contribution >= 4 is 43.5 Å². The van der Waals surface area contributed by atoms with Crippen molar-refractivity contribution in [2.24, 2.45) is 0 Å². The van der Waals surface area contributed by atoms with E-state index in [0.717, 1.165) is 33.4 Å². The van der Waals surface area contributed by atoms with Crippen molar-refractivity contribution in [3.63, 3.8) is 0 Å². The van der Waals surface area contributed by atoms with E-state index < -0.39 is 28.5 Å². The van der Waals surface area contributed by atoms with Crippen LogP contribution >= 0.6 is 15.9 Å². The Bertz CT molecular complexity index is 1160. The second-order valence-corrected chi connectivity index (χ2v) is 11.1. The number of hydrogen-bond acceptors (Lipinski definition) is 6. The summed E-state index contributed by atoms with van der Waals surface area (Å²) in [6.45, 7) is 3.74. The molecule has 0 aliphatic heterocycles. The van der Waals surface area contributed by atoms with Crippen LogP contribution in [0.1, 0.15) is 32.3 Å². The minimum atomic E-state index is -3.90. The number of nitrogens with one attached hydrogen (secondary N) is 1. The minimum Gasteiger partial charge on any atom is -0.497 e. The lowest BCUT2D eigenvalue weighted by atomic mass is 10.1. The summed E-state index contributed by atoms with van der Waals surface area (Å²) in [6, 6.07) is 11.2. The van der Waals surface area contributed by atoms with E-state index in [-0.39, 0.29) is 23.9 Å². The number of carbonyl (C=O) groups is 2. The number of halogens is 1. The molecule has 0 bridgehead atoms. The lowest BCUT2D eigenvalue weighted by Gasteiger charge is -2.32. The maximum Gasteiger partial charge on any atom is 0.244 e. The number of hydrogen-bond donors (Lipinski definition) is 1. The molecule has 0 unspecified atom stereocenters. The van der Waals surface area contributed by atoms with Crippen LogP contribution in [-0.2, 0) is 26.2 Å². The van der Waals surface area contributed by atoms with E-state index in [4.69, 9.17) is 9.47 Å². The zero-order chi connectivity index (χ0) is 26.9. The minimum absolute atomic E-state index is 0.119. The molecule has 1 N–H and O–H groups in total. The molecular weight excluding hydrogens is 550 g/mol. The van der Waals surface area contributed by atoms with Crippen molar-refractivity contribution in [2.75, 3.05) is 37.9 Å². The third-order valence-corrected chi connectivity index (χ3v) is 7.19. The third kappa shape index (κ3) is 8.12. The van der Waals surface area contributed by atoms with Gasteiger partial charge in [-0.25, -0.2) is 8.42 Å². The Hall–Kier alpha value is -2.79. The molecule has 11 heteroatoms. The van der Waals surface area contributed by atoms with Gasteiger partial charge in [0.2, 0.25) is 21.8 Å². The van der Waals surface area contributed by atoms with E-state index in [1.54, 1.807) is 19.1 Å². The molecule has 0 heterocycles. The van der Waals surface area contributed by atoms with Crippen LogP contribution in [0.2, 0.25) is 0 Å². The van der Waals surface area contributed by atoms with Gasteiger partial charge in [0, 0.05) is 23.6 Å². The fourth-order valence-corrected chi connectivity index (χ4v) is 4.83. The fourth-order valence-electron chi connectivity index (χ4n) is 3.54. The predicted octanol–water partition coefficient (Wildman–Crippen LogP) is 3.57. The second-order valence-electron chi connectivity index (χ2n) is 8.28. The summed E-state index contributed by atoms with van der Waals surface area (Å²) in [5.41, 5.74) is 0.950. The monoisotopic (exact) mass is 583 g/mol. The summed E-state index contributed by atoms with van der Waals surface area (Å²) in [5.74, 6) is -0.181. The number of anilines is 1. The van der Waals surface area contributed by atoms with Crippen LogP contribution in [0, 0.1) is 0 Å². The Morgan fingerprint density at radius 3 is 2.42 bits per heavy atom. The van der Waals surface area contributed by atoms with E-state index in [1.165, 1.54) is 25.2 Å². The maximum atomic E-state index is 13.6. The van der Waals surface area contributed by atoms with Gasteiger partial charge in [-0.2, -0.15) is 0 Å². The molecule has 0 aromatic heterocycles. The van der Waals surface area contributed by atoms with Gasteiger partial charge in [-0.05, 0) is 43.2 Å². The zero-order valence-corrected chi connectivity index (χ0v) is 23.7. The molecule has 2 amide bonds. The number of rotatable bonds is 13. The molecule has 9 nitrogen and oxygen atoms in total. The van der Waals surface area contributed by atoms with Crippen LogP contribution < -0.4 is 19.1 Å². The van der Waals surface area contributed by atoms with Gasteiger partial charge >= 0.3 is 0 Å². The second kappa shape index (κ2) is 13.5. The number of sulfonamides is 1. The first-order valence-electron chi connectivity index (χ1n) is 11.5. The topological polar surface area (TPSA) is 105 Å². The Balaban J connectivity index is 2.44. The maximum absolute atomic E-state index is 13.6. The van der Waals surface area contributed by atoms with Gasteiger partial charge in [0.15, 0.2) is 0 Å². The number of carbonyl (C=O) groups excluding carboxylic acids is 2. The smallest absolute Gasteiger partial charge is 0.244 e. The van der Waals surface area contributed by atoms with Crippen molar-refractivity contribution in [1.82, 2.24) is 10.2 Å². The molecule has 0 spiro atoms. The quantitative estimate of drug-likeness (QED) is 0.361. The van der Waals surface area contributed by atoms with E-state index in [0.29, 0.717) is 12.3 Å². The molecule has 1 atom stereocenters. The van der Waals surface area contributed by atoms with E-state index in [1.807, 2.05) is 31.2 Å². The highest BCUT2D eigenvalue weighted by Gasteiger charge is 2.31. The Morgan fingerprint density at radius 2 is 1.83 bits per heavy atom. The largest absolute Gasteiger partial charge is 0.497 e. The standard InChI is InChI=1S/C25H34BrN3O6S/c1-6-7-13-27-25(31)18(2)28(16-19-9-8-10-20(26)14-19)24(30)17-29(36(5,32)33)22-15-21(34-3)11-12-23(22)35-4/h8-12,14-15,18H,6-7,13,16-17H2,1-5H3,(H,27,31)/t18-/m1/s1. The molecule has 0 radical (unpaired) electrons. The van der Waals surface area contributed by atoms with Gasteiger partial charge < -0.3 is 19.7 Å². The summed E-state index contributed by atoms with van der Waals surface area (Å²) < 4.78 is 38.0. The Labute approximate surface area is 221 Å². The molecule has 0 fully saturated rings. The molecule has 0 saturated carbocycles. The lowest BCUT2D eigenvalue weighted by Crippen LogP contribution is -2.51. The van der Waals surface area contributed by atoms with Gasteiger partial charge in [-0.1, -0.05) is 41.4 Å². The third-order valence-electron chi connectivity index (χ3n) is 5.57. The zero-order valence-electron chi connectivity index (χ0n) is 21.3. The SMILES string of the molecule is CCCCNC(=O)[C@@H](C)N(Cc1cccc(Br)c1)C(=O)CN(c1cc(OC)ccc1OC)S(C)(=O)=O. The van der Waals surface area contributed by atoms with Gasteiger partial charge in [0.05, 0.1) is 26.2 Å². The highest BCUT2D eigenvalue weighted by molar-refractivity contribution is 9.10. The van der Waals surface area contributed by atoms with E-state index in [9.17, 15) is 18.0 Å². The highest BCUT2D eigenvalue weighted by Crippen LogP contribution is 2.34. The lowest BCUT2D eigenvalue weighted by molar-refractivity contribution is -0.139. The first-order valence-corrected chi connectivity index (χ1v) is 14.2. The fraction of sp³-hybridized carbons (Fsp3) is 0.440. The Kier molecular flexibility index (Phi) is 11.0. The van der Waals surface area contributed by atoms with Gasteiger partial charge in [-0.3, -0.25) is 13.9 Å². The molecule has 2 aromatic rings. The molecular formula is C25H34BrN3O6S. The number of benzene rings is 2. The molecule has 2 rings (SSSR count). The molecule has 0 aliphatic rings. The Morgan fingerprint density at radius 1 is 1.11 bits per heavy atom. The van der Waals surface area contributed by atoms with Gasteiger partial charge in [0.1, 0.15) is 24.1 Å². The van der Waals surface area contributed by atoms with E-state index >= 15 is 0 Å². The van der Waals surface area contributed by atoms with Crippen LogP contribution in [-0.4, -0.2) is 64.7 Å². The van der Waals surface area contributed by atoms with Crippen LogP contribution in [0.25, 0.3) is 0 Å². The summed E-state index contributed by atoms with van der Waals surface area (Å²) in [4.78, 5) is 27.9. The average molecular weight is 585 g/mol. The molecule has 2 aromatic carbocycles. The molecule has 0 aliphatic carbocycles. The number of methoxy groups -OCH3 is 2. The van der Waals surface area contributed by atoms with Gasteiger partial charge in [-0.15, -0.1) is 0 Å². The van der Waals surface area contributed by atoms with Crippen molar-refractivity contribution in [3.05, 3.63) is 52.5 Å². The molecule has 198 valence electrons.